The number of carboxylic acid groups (broad SMARTS) is 1. The number of anilines is 2. The van der Waals surface area contributed by atoms with Gasteiger partial charge in [-0.3, -0.25) is 14.4 Å². The second kappa shape index (κ2) is 14.3. The Morgan fingerprint density at radius 3 is 2.05 bits per heavy atom. The number of hydrogen-bond donors (Lipinski definition) is 2. The molecule has 0 aliphatic carbocycles. The van der Waals surface area contributed by atoms with Crippen molar-refractivity contribution >= 4 is 52.4 Å². The lowest BCUT2D eigenvalue weighted by molar-refractivity contribution is -0.138. The molecule has 1 unspecified atom stereocenters. The van der Waals surface area contributed by atoms with Gasteiger partial charge in [0.1, 0.15) is 0 Å². The van der Waals surface area contributed by atoms with Crippen LogP contribution < -0.4 is 10.2 Å². The van der Waals surface area contributed by atoms with Crippen molar-refractivity contribution in [3.63, 3.8) is 0 Å². The Bertz CT molecular complexity index is 1320. The third-order valence-corrected chi connectivity index (χ3v) is 7.50. The van der Waals surface area contributed by atoms with Crippen molar-refractivity contribution in [3.8, 4) is 0 Å². The maximum Gasteiger partial charge on any atom is 0.311 e. The number of aliphatic carboxylic acids is 1. The molecule has 0 spiro atoms. The second-order valence-electron chi connectivity index (χ2n) is 10.3. The summed E-state index contributed by atoms with van der Waals surface area (Å²) in [5.41, 5.74) is 2.85. The van der Waals surface area contributed by atoms with E-state index in [2.05, 4.69) is 19.2 Å². The molecule has 0 aliphatic heterocycles. The number of nitrogens with zero attached hydrogens (tertiary/aromatic N) is 1. The highest BCUT2D eigenvalue weighted by Crippen LogP contribution is 2.29. The molecule has 40 heavy (non-hydrogen) atoms. The Hall–Kier alpha value is -3.35. The summed E-state index contributed by atoms with van der Waals surface area (Å²) < 4.78 is 0. The van der Waals surface area contributed by atoms with Crippen molar-refractivity contribution in [3.05, 3.63) is 93.5 Å². The summed E-state index contributed by atoms with van der Waals surface area (Å²) in [4.78, 5) is 40.2. The number of hydrogen-bond acceptors (Lipinski definition) is 3. The Kier molecular flexibility index (Phi) is 11.2. The third-order valence-electron chi connectivity index (χ3n) is 6.87. The number of rotatable bonds is 12. The zero-order valence-electron chi connectivity index (χ0n) is 23.3. The molecule has 6 nitrogen and oxygen atoms in total. The molecule has 0 bridgehead atoms. The average Bonchev–Trinajstić information content (AvgIpc) is 2.91. The highest BCUT2D eigenvalue weighted by Gasteiger charge is 2.26. The predicted octanol–water partition coefficient (Wildman–Crippen LogP) is 8.08. The molecule has 0 saturated heterocycles. The summed E-state index contributed by atoms with van der Waals surface area (Å²) in [5.74, 6) is -1.96. The average molecular weight is 584 g/mol. The van der Waals surface area contributed by atoms with Crippen molar-refractivity contribution in [2.75, 3.05) is 16.8 Å². The van der Waals surface area contributed by atoms with Gasteiger partial charge in [-0.15, -0.1) is 0 Å². The molecule has 3 aromatic carbocycles. The summed E-state index contributed by atoms with van der Waals surface area (Å²) in [6.07, 6.45) is 1.75. The summed E-state index contributed by atoms with van der Waals surface area (Å²) in [5, 5.41) is 13.4. The van der Waals surface area contributed by atoms with Gasteiger partial charge < -0.3 is 15.3 Å². The van der Waals surface area contributed by atoms with Gasteiger partial charge in [0.2, 0.25) is 5.91 Å². The van der Waals surface area contributed by atoms with E-state index in [-0.39, 0.29) is 39.8 Å². The highest BCUT2D eigenvalue weighted by molar-refractivity contribution is 6.40. The lowest BCUT2D eigenvalue weighted by atomic mass is 9.91. The fourth-order valence-electron chi connectivity index (χ4n) is 4.67. The molecule has 1 atom stereocenters. The molecule has 3 rings (SSSR count). The van der Waals surface area contributed by atoms with Gasteiger partial charge in [-0.05, 0) is 72.7 Å². The third kappa shape index (κ3) is 7.86. The van der Waals surface area contributed by atoms with Crippen LogP contribution in [0.2, 0.25) is 10.0 Å². The first-order valence-corrected chi connectivity index (χ1v) is 14.3. The Balaban J connectivity index is 1.81. The van der Waals surface area contributed by atoms with Crippen LogP contribution in [0.4, 0.5) is 11.4 Å². The Morgan fingerprint density at radius 2 is 1.50 bits per heavy atom. The molecule has 0 aliphatic rings. The van der Waals surface area contributed by atoms with Crippen LogP contribution in [0, 0.1) is 11.8 Å². The van der Waals surface area contributed by atoms with Crippen molar-refractivity contribution in [1.29, 1.82) is 0 Å². The standard InChI is InChI=1S/C32H36Cl2N2O4/c1-5-22(6-2)31(38)36(19-20(3)4)25-10-7-9-23(18-25)26(32(39)40)17-21-13-15-24(16-14-21)35-30(37)29-27(33)11-8-12-28(29)34/h7-16,18,20,22,26H,5-6,17,19H2,1-4H3,(H,35,37)(H,39,40). The van der Waals surface area contributed by atoms with Gasteiger partial charge >= 0.3 is 5.97 Å². The normalized spacial score (nSPS) is 11.9. The predicted molar refractivity (Wildman–Crippen MR) is 163 cm³/mol. The first-order chi connectivity index (χ1) is 19.0. The molecule has 2 N–H and O–H groups in total. The van der Waals surface area contributed by atoms with Crippen LogP contribution in [-0.2, 0) is 16.0 Å². The first kappa shape index (κ1) is 31.2. The molecule has 0 fully saturated rings. The summed E-state index contributed by atoms with van der Waals surface area (Å²) in [7, 11) is 0. The van der Waals surface area contributed by atoms with Crippen molar-refractivity contribution in [2.24, 2.45) is 11.8 Å². The molecule has 3 aromatic rings. The van der Waals surface area contributed by atoms with Crippen molar-refractivity contribution < 1.29 is 19.5 Å². The number of carbonyl (C=O) groups is 3. The Labute approximate surface area is 246 Å². The van der Waals surface area contributed by atoms with E-state index in [4.69, 9.17) is 23.2 Å². The largest absolute Gasteiger partial charge is 0.481 e. The van der Waals surface area contributed by atoms with Crippen LogP contribution in [0.25, 0.3) is 0 Å². The molecule has 0 radical (unpaired) electrons. The zero-order valence-corrected chi connectivity index (χ0v) is 24.8. The molecule has 8 heteroatoms. The highest BCUT2D eigenvalue weighted by atomic mass is 35.5. The lowest BCUT2D eigenvalue weighted by Gasteiger charge is -2.29. The van der Waals surface area contributed by atoms with Gasteiger partial charge in [-0.2, -0.15) is 0 Å². The van der Waals surface area contributed by atoms with Crippen LogP contribution in [-0.4, -0.2) is 29.4 Å². The number of halogens is 2. The zero-order chi connectivity index (χ0) is 29.4. The molecule has 0 aromatic heterocycles. The van der Waals surface area contributed by atoms with Gasteiger partial charge in [-0.25, -0.2) is 0 Å². The summed E-state index contributed by atoms with van der Waals surface area (Å²) >= 11 is 12.3. The molecular formula is C32H36Cl2N2O4. The van der Waals surface area contributed by atoms with Crippen LogP contribution >= 0.6 is 23.2 Å². The number of amides is 2. The Morgan fingerprint density at radius 1 is 0.900 bits per heavy atom. The van der Waals surface area contributed by atoms with Crippen molar-refractivity contribution in [2.45, 2.75) is 52.9 Å². The van der Waals surface area contributed by atoms with Gasteiger partial charge in [-0.1, -0.05) is 81.2 Å². The van der Waals surface area contributed by atoms with E-state index in [1.165, 1.54) is 0 Å². The van der Waals surface area contributed by atoms with E-state index >= 15 is 0 Å². The second-order valence-corrected chi connectivity index (χ2v) is 11.1. The van der Waals surface area contributed by atoms with Crippen molar-refractivity contribution in [1.82, 2.24) is 0 Å². The van der Waals surface area contributed by atoms with E-state index < -0.39 is 17.8 Å². The van der Waals surface area contributed by atoms with E-state index in [1.807, 2.05) is 32.0 Å². The van der Waals surface area contributed by atoms with Crippen LogP contribution in [0.5, 0.6) is 0 Å². The number of benzene rings is 3. The minimum Gasteiger partial charge on any atom is -0.481 e. The first-order valence-electron chi connectivity index (χ1n) is 13.5. The topological polar surface area (TPSA) is 86.7 Å². The molecular weight excluding hydrogens is 547 g/mol. The minimum atomic E-state index is -0.954. The van der Waals surface area contributed by atoms with Gasteiger partial charge in [0, 0.05) is 23.8 Å². The van der Waals surface area contributed by atoms with E-state index in [1.54, 1.807) is 53.4 Å². The van der Waals surface area contributed by atoms with Gasteiger partial charge in [0.05, 0.1) is 21.5 Å². The summed E-state index contributed by atoms with van der Waals surface area (Å²) in [6.45, 7) is 8.71. The maximum atomic E-state index is 13.3. The SMILES string of the molecule is CCC(CC)C(=O)N(CC(C)C)c1cccc(C(Cc2ccc(NC(=O)c3c(Cl)cccc3Cl)cc2)C(=O)O)c1. The minimum absolute atomic E-state index is 0.0680. The van der Waals surface area contributed by atoms with Crippen LogP contribution in [0.15, 0.2) is 66.7 Å². The molecule has 212 valence electrons. The van der Waals surface area contributed by atoms with Crippen LogP contribution in [0.1, 0.15) is 67.9 Å². The molecule has 0 heterocycles. The smallest absolute Gasteiger partial charge is 0.311 e. The van der Waals surface area contributed by atoms with Crippen LogP contribution in [0.3, 0.4) is 0 Å². The van der Waals surface area contributed by atoms with Gasteiger partial charge in [0.25, 0.3) is 5.91 Å². The number of nitrogens with one attached hydrogen (secondary N) is 1. The molecule has 0 saturated carbocycles. The molecule has 2 amide bonds. The van der Waals surface area contributed by atoms with E-state index in [0.29, 0.717) is 23.5 Å². The monoisotopic (exact) mass is 582 g/mol. The lowest BCUT2D eigenvalue weighted by Crippen LogP contribution is -2.38. The number of carboxylic acids is 1. The number of carbonyl (C=O) groups excluding carboxylic acids is 2. The summed E-state index contributed by atoms with van der Waals surface area (Å²) in [6, 6.07) is 19.1. The fourth-order valence-corrected chi connectivity index (χ4v) is 5.24. The van der Waals surface area contributed by atoms with Gasteiger partial charge in [0.15, 0.2) is 0 Å². The maximum absolute atomic E-state index is 13.3. The quantitative estimate of drug-likeness (QED) is 0.226. The van der Waals surface area contributed by atoms with E-state index in [0.717, 1.165) is 18.4 Å². The fraction of sp³-hybridized carbons (Fsp3) is 0.344. The van der Waals surface area contributed by atoms with E-state index in [9.17, 15) is 19.5 Å².